The highest BCUT2D eigenvalue weighted by molar-refractivity contribution is 5.95. The third-order valence-electron chi connectivity index (χ3n) is 3.97. The first-order chi connectivity index (χ1) is 14.4. The normalized spacial score (nSPS) is 10.2. The van der Waals surface area contributed by atoms with Crippen molar-refractivity contribution >= 4 is 11.7 Å². The molecule has 3 rings (SSSR count). The van der Waals surface area contributed by atoms with E-state index < -0.39 is 10.9 Å². The van der Waals surface area contributed by atoms with Gasteiger partial charge >= 0.3 is 12.0 Å². The summed E-state index contributed by atoms with van der Waals surface area (Å²) in [5.74, 6) is 0.0575. The van der Waals surface area contributed by atoms with Crippen molar-refractivity contribution in [2.45, 2.75) is 6.92 Å². The van der Waals surface area contributed by atoms with E-state index in [0.29, 0.717) is 5.56 Å². The largest absolute Gasteiger partial charge is 0.481 e. The number of esters is 1. The Kier molecular flexibility index (Phi) is 6.06. The molecule has 0 radical (unpaired) electrons. The average Bonchev–Trinajstić information content (AvgIpc) is 2.73. The van der Waals surface area contributed by atoms with Gasteiger partial charge in [-0.15, -0.1) is 0 Å². The predicted octanol–water partition coefficient (Wildman–Crippen LogP) is 3.72. The number of ether oxygens (including phenoxy) is 4. The predicted molar refractivity (Wildman–Crippen MR) is 104 cm³/mol. The Morgan fingerprint density at radius 2 is 1.63 bits per heavy atom. The van der Waals surface area contributed by atoms with E-state index >= 15 is 0 Å². The van der Waals surface area contributed by atoms with E-state index in [1.807, 2.05) is 0 Å². The summed E-state index contributed by atoms with van der Waals surface area (Å²) in [4.78, 5) is 31.2. The van der Waals surface area contributed by atoms with Gasteiger partial charge in [0.1, 0.15) is 17.1 Å². The Morgan fingerprint density at radius 3 is 2.20 bits per heavy atom. The molecule has 10 heteroatoms. The molecule has 1 aromatic heterocycles. The molecular formula is C20H17N3O7. The zero-order valence-corrected chi connectivity index (χ0v) is 16.3. The van der Waals surface area contributed by atoms with E-state index in [-0.39, 0.29) is 40.5 Å². The minimum Gasteiger partial charge on any atom is -0.481 e. The van der Waals surface area contributed by atoms with E-state index in [2.05, 4.69) is 9.97 Å². The number of aryl methyl sites for hydroxylation is 1. The number of hydrogen-bond donors (Lipinski definition) is 0. The summed E-state index contributed by atoms with van der Waals surface area (Å²) in [6, 6.07) is 11.5. The van der Waals surface area contributed by atoms with Crippen molar-refractivity contribution in [2.24, 2.45) is 0 Å². The number of benzene rings is 2. The van der Waals surface area contributed by atoms with Crippen LogP contribution in [-0.4, -0.2) is 35.1 Å². The zero-order chi connectivity index (χ0) is 21.7. The molecule has 0 amide bonds. The van der Waals surface area contributed by atoms with Crippen LogP contribution in [0.3, 0.4) is 0 Å². The maximum Gasteiger partial charge on any atom is 0.347 e. The van der Waals surface area contributed by atoms with Gasteiger partial charge in [-0.1, -0.05) is 12.1 Å². The number of rotatable bonds is 7. The van der Waals surface area contributed by atoms with Crippen LogP contribution in [0.1, 0.15) is 15.9 Å². The number of nitro benzene ring substituents is 1. The first kappa shape index (κ1) is 20.5. The van der Waals surface area contributed by atoms with Crippen molar-refractivity contribution in [3.63, 3.8) is 0 Å². The standard InChI is InChI=1S/C20H17N3O7/c1-12-5-4-6-15(30-20-21-16(27-2)11-17(22-20)28-3)18(12)19(24)29-14-9-7-13(8-10-14)23(25)26/h4-11H,1-3H3. The van der Waals surface area contributed by atoms with Crippen molar-refractivity contribution in [3.05, 3.63) is 69.8 Å². The van der Waals surface area contributed by atoms with E-state index in [9.17, 15) is 14.9 Å². The fourth-order valence-electron chi connectivity index (χ4n) is 2.52. The molecule has 0 aliphatic rings. The van der Waals surface area contributed by atoms with Gasteiger partial charge in [-0.05, 0) is 30.7 Å². The van der Waals surface area contributed by atoms with Crippen LogP contribution < -0.4 is 18.9 Å². The van der Waals surface area contributed by atoms with E-state index in [1.54, 1.807) is 25.1 Å². The summed E-state index contributed by atoms with van der Waals surface area (Å²) in [5.41, 5.74) is 0.634. The number of aromatic nitrogens is 2. The van der Waals surface area contributed by atoms with Gasteiger partial charge < -0.3 is 18.9 Å². The summed E-state index contributed by atoms with van der Waals surface area (Å²) >= 11 is 0. The molecule has 2 aromatic carbocycles. The van der Waals surface area contributed by atoms with Crippen molar-refractivity contribution in [1.29, 1.82) is 0 Å². The lowest BCUT2D eigenvalue weighted by molar-refractivity contribution is -0.384. The van der Waals surface area contributed by atoms with Gasteiger partial charge in [-0.25, -0.2) is 4.79 Å². The highest BCUT2D eigenvalue weighted by Crippen LogP contribution is 2.29. The minimum atomic E-state index is -0.702. The van der Waals surface area contributed by atoms with Crippen molar-refractivity contribution in [3.8, 4) is 29.3 Å². The quantitative estimate of drug-likeness (QED) is 0.248. The lowest BCUT2D eigenvalue weighted by Gasteiger charge is -2.13. The molecule has 0 saturated carbocycles. The summed E-state index contributed by atoms with van der Waals surface area (Å²) < 4.78 is 21.2. The zero-order valence-electron chi connectivity index (χ0n) is 16.3. The number of carbonyl (C=O) groups is 1. The fraction of sp³-hybridized carbons (Fsp3) is 0.150. The minimum absolute atomic E-state index is 0.0822. The van der Waals surface area contributed by atoms with Gasteiger partial charge in [-0.3, -0.25) is 10.1 Å². The van der Waals surface area contributed by atoms with Gasteiger partial charge in [0.2, 0.25) is 11.8 Å². The van der Waals surface area contributed by atoms with Crippen LogP contribution in [-0.2, 0) is 0 Å². The van der Waals surface area contributed by atoms with Gasteiger partial charge in [0, 0.05) is 12.1 Å². The van der Waals surface area contributed by atoms with Crippen molar-refractivity contribution in [1.82, 2.24) is 9.97 Å². The van der Waals surface area contributed by atoms with Crippen LogP contribution in [0.2, 0.25) is 0 Å². The third kappa shape index (κ3) is 4.61. The molecule has 30 heavy (non-hydrogen) atoms. The smallest absolute Gasteiger partial charge is 0.347 e. The van der Waals surface area contributed by atoms with E-state index in [0.717, 1.165) is 0 Å². The fourth-order valence-corrected chi connectivity index (χ4v) is 2.52. The lowest BCUT2D eigenvalue weighted by atomic mass is 10.1. The summed E-state index contributed by atoms with van der Waals surface area (Å²) in [6.45, 7) is 1.71. The Morgan fingerprint density at radius 1 is 1.00 bits per heavy atom. The number of hydrogen-bond acceptors (Lipinski definition) is 9. The monoisotopic (exact) mass is 411 g/mol. The Balaban J connectivity index is 1.89. The molecular weight excluding hydrogens is 394 g/mol. The molecule has 0 fully saturated rings. The van der Waals surface area contributed by atoms with Crippen LogP contribution in [0.5, 0.6) is 29.3 Å². The summed E-state index contributed by atoms with van der Waals surface area (Å²) in [6.07, 6.45) is 0. The van der Waals surface area contributed by atoms with Crippen LogP contribution in [0, 0.1) is 17.0 Å². The van der Waals surface area contributed by atoms with Gasteiger partial charge in [0.15, 0.2) is 0 Å². The Hall–Kier alpha value is -4.21. The van der Waals surface area contributed by atoms with E-state index in [1.165, 1.54) is 44.6 Å². The number of carbonyl (C=O) groups excluding carboxylic acids is 1. The van der Waals surface area contributed by atoms with Crippen molar-refractivity contribution < 1.29 is 28.7 Å². The molecule has 0 saturated heterocycles. The second-order valence-corrected chi connectivity index (χ2v) is 5.93. The lowest BCUT2D eigenvalue weighted by Crippen LogP contribution is -2.12. The molecule has 1 heterocycles. The Labute approximate surface area is 171 Å². The van der Waals surface area contributed by atoms with Gasteiger partial charge in [0.25, 0.3) is 5.69 Å². The maximum atomic E-state index is 12.8. The molecule has 0 unspecified atom stereocenters. The van der Waals surface area contributed by atoms with Gasteiger partial charge in [0.05, 0.1) is 25.2 Å². The summed E-state index contributed by atoms with van der Waals surface area (Å²) in [5, 5.41) is 10.8. The SMILES string of the molecule is COc1cc(OC)nc(Oc2cccc(C)c2C(=O)Oc2ccc([N+](=O)[O-])cc2)n1. The summed E-state index contributed by atoms with van der Waals surface area (Å²) in [7, 11) is 2.87. The molecule has 3 aromatic rings. The molecule has 0 N–H and O–H groups in total. The highest BCUT2D eigenvalue weighted by atomic mass is 16.6. The highest BCUT2D eigenvalue weighted by Gasteiger charge is 2.20. The van der Waals surface area contributed by atoms with Crippen LogP contribution in [0.25, 0.3) is 0 Å². The first-order valence-corrected chi connectivity index (χ1v) is 8.62. The van der Waals surface area contributed by atoms with Crippen LogP contribution in [0.4, 0.5) is 5.69 Å². The first-order valence-electron chi connectivity index (χ1n) is 8.62. The third-order valence-corrected chi connectivity index (χ3v) is 3.97. The van der Waals surface area contributed by atoms with E-state index in [4.69, 9.17) is 18.9 Å². The average molecular weight is 411 g/mol. The topological polar surface area (TPSA) is 123 Å². The number of nitrogens with zero attached hydrogens (tertiary/aromatic N) is 3. The Bertz CT molecular complexity index is 1060. The molecule has 0 spiro atoms. The number of nitro groups is 1. The van der Waals surface area contributed by atoms with Gasteiger partial charge in [-0.2, -0.15) is 9.97 Å². The molecule has 0 bridgehead atoms. The van der Waals surface area contributed by atoms with Crippen LogP contribution in [0.15, 0.2) is 48.5 Å². The van der Waals surface area contributed by atoms with Crippen LogP contribution >= 0.6 is 0 Å². The second kappa shape index (κ2) is 8.86. The maximum absolute atomic E-state index is 12.8. The molecule has 0 aliphatic carbocycles. The molecule has 0 aliphatic heterocycles. The molecule has 154 valence electrons. The number of methoxy groups -OCH3 is 2. The van der Waals surface area contributed by atoms with Crippen molar-refractivity contribution in [2.75, 3.05) is 14.2 Å². The number of non-ortho nitro benzene ring substituents is 1. The molecule has 10 nitrogen and oxygen atoms in total. The second-order valence-electron chi connectivity index (χ2n) is 5.93. The molecule has 0 atom stereocenters.